The molecule has 7 nitrogen and oxygen atoms in total. The zero-order valence-corrected chi connectivity index (χ0v) is 23.4. The van der Waals surface area contributed by atoms with Crippen LogP contribution in [0.2, 0.25) is 0 Å². The van der Waals surface area contributed by atoms with E-state index in [0.717, 1.165) is 38.5 Å². The Kier molecular flexibility index (Phi) is 5.11. The molecule has 6 heterocycles. The molecule has 4 bridgehead atoms. The van der Waals surface area contributed by atoms with E-state index in [1.54, 1.807) is 0 Å². The summed E-state index contributed by atoms with van der Waals surface area (Å²) < 4.78 is 47.1. The van der Waals surface area contributed by atoms with E-state index in [9.17, 15) is 0 Å². The molecule has 0 N–H and O–H groups in total. The summed E-state index contributed by atoms with van der Waals surface area (Å²) in [5, 5.41) is 0. The lowest BCUT2D eigenvalue weighted by Gasteiger charge is -2.60. The van der Waals surface area contributed by atoms with Crippen LogP contribution in [0.5, 0.6) is 0 Å². The molecule has 0 radical (unpaired) electrons. The van der Waals surface area contributed by atoms with Gasteiger partial charge in [-0.15, -0.1) is 0 Å². The first kappa shape index (κ1) is 24.5. The molecule has 37 heavy (non-hydrogen) atoms. The van der Waals surface area contributed by atoms with Crippen molar-refractivity contribution in [3.05, 3.63) is 0 Å². The summed E-state index contributed by atoms with van der Waals surface area (Å²) in [4.78, 5) is 0. The molecule has 7 heteroatoms. The highest BCUT2D eigenvalue weighted by Crippen LogP contribution is 2.66. The van der Waals surface area contributed by atoms with E-state index in [1.807, 2.05) is 0 Å². The molecule has 0 aromatic carbocycles. The number of fused-ring (bicyclic) bond motifs is 2. The van der Waals surface area contributed by atoms with Gasteiger partial charge in [-0.25, -0.2) is 0 Å². The first-order valence-corrected chi connectivity index (χ1v) is 15.3. The minimum absolute atomic E-state index is 0.193. The molecule has 2 saturated carbocycles. The van der Waals surface area contributed by atoms with Crippen molar-refractivity contribution in [2.45, 2.75) is 141 Å². The zero-order chi connectivity index (χ0) is 25.5. The molecular formula is C30H46O7. The maximum absolute atomic E-state index is 6.85. The van der Waals surface area contributed by atoms with Crippen LogP contribution in [0, 0.1) is 47.3 Å². The average molecular weight is 519 g/mol. The summed E-state index contributed by atoms with van der Waals surface area (Å²) in [6.45, 7) is 13.5. The predicted octanol–water partition coefficient (Wildman–Crippen LogP) is 5.56. The van der Waals surface area contributed by atoms with E-state index < -0.39 is 24.2 Å². The van der Waals surface area contributed by atoms with E-state index in [-0.39, 0.29) is 35.6 Å². The van der Waals surface area contributed by atoms with E-state index in [1.165, 1.54) is 12.8 Å². The van der Waals surface area contributed by atoms with Gasteiger partial charge < -0.3 is 33.2 Å². The molecule has 6 saturated heterocycles. The number of hydrogen-bond acceptors (Lipinski definition) is 7. The van der Waals surface area contributed by atoms with Gasteiger partial charge in [0.2, 0.25) is 0 Å². The minimum atomic E-state index is -0.554. The Bertz CT molecular complexity index is 886. The molecule has 16 atom stereocenters. The summed E-state index contributed by atoms with van der Waals surface area (Å²) in [5.41, 5.74) is -0.707. The maximum Gasteiger partial charge on any atom is 0.193 e. The van der Waals surface area contributed by atoms with Crippen LogP contribution in [0.25, 0.3) is 0 Å². The Morgan fingerprint density at radius 3 is 1.43 bits per heavy atom. The smallest absolute Gasteiger partial charge is 0.193 e. The molecular weight excluding hydrogens is 472 g/mol. The van der Waals surface area contributed by atoms with Gasteiger partial charge in [-0.2, -0.15) is 0 Å². The van der Waals surface area contributed by atoms with Crippen LogP contribution in [0.15, 0.2) is 0 Å². The second-order valence-corrected chi connectivity index (χ2v) is 14.6. The Morgan fingerprint density at radius 2 is 1.00 bits per heavy atom. The molecule has 0 amide bonds. The van der Waals surface area contributed by atoms with E-state index >= 15 is 0 Å². The summed E-state index contributed by atoms with van der Waals surface area (Å²) in [6.07, 6.45) is 7.33. The van der Waals surface area contributed by atoms with Crippen molar-refractivity contribution in [1.82, 2.24) is 0 Å². The number of hydrogen-bond donors (Lipinski definition) is 0. The SMILES string of the molecule is C[C@@H]1CC[C@H]2[C@@H](C)C(OC3O[C@@H]4O[C@]5(C)CC[C@H]6[C@H](C)CC[C@@H]([C@H]3C)[C@@]46O5)O[C@@H]3O[C@]4(C)CC[C@@H]1[C@]32O4. The highest BCUT2D eigenvalue weighted by molar-refractivity contribution is 5.14. The fourth-order valence-corrected chi connectivity index (χ4v) is 10.7. The highest BCUT2D eigenvalue weighted by Gasteiger charge is 2.74. The van der Waals surface area contributed by atoms with Gasteiger partial charge in [0, 0.05) is 36.5 Å². The fourth-order valence-electron chi connectivity index (χ4n) is 10.7. The summed E-state index contributed by atoms with van der Waals surface area (Å²) >= 11 is 0. The fraction of sp³-hybridized carbons (Fsp3) is 1.00. The van der Waals surface area contributed by atoms with Crippen LogP contribution in [-0.2, 0) is 33.2 Å². The van der Waals surface area contributed by atoms with Crippen LogP contribution >= 0.6 is 0 Å². The monoisotopic (exact) mass is 518 g/mol. The van der Waals surface area contributed by atoms with Crippen molar-refractivity contribution in [2.24, 2.45) is 47.3 Å². The molecule has 8 rings (SSSR count). The Morgan fingerprint density at radius 1 is 0.568 bits per heavy atom. The van der Waals surface area contributed by atoms with Gasteiger partial charge in [-0.05, 0) is 76.0 Å². The third kappa shape index (κ3) is 3.03. The molecule has 8 fully saturated rings. The first-order chi connectivity index (χ1) is 17.6. The van der Waals surface area contributed by atoms with Gasteiger partial charge in [-0.3, -0.25) is 0 Å². The minimum Gasteiger partial charge on any atom is -0.338 e. The second-order valence-electron chi connectivity index (χ2n) is 14.6. The van der Waals surface area contributed by atoms with E-state index in [0.29, 0.717) is 35.5 Å². The molecule has 0 aromatic rings. The average Bonchev–Trinajstić information content (AvgIpc) is 3.20. The van der Waals surface area contributed by atoms with E-state index in [4.69, 9.17) is 33.2 Å². The molecule has 8 aliphatic rings. The van der Waals surface area contributed by atoms with E-state index in [2.05, 4.69) is 41.5 Å². The van der Waals surface area contributed by atoms with Crippen molar-refractivity contribution in [2.75, 3.05) is 0 Å². The van der Waals surface area contributed by atoms with Gasteiger partial charge in [0.1, 0.15) is 11.2 Å². The normalized spacial score (nSPS) is 65.7. The molecule has 2 unspecified atom stereocenters. The lowest BCUT2D eigenvalue weighted by Crippen LogP contribution is -2.68. The molecule has 2 aliphatic carbocycles. The lowest BCUT2D eigenvalue weighted by atomic mass is 9.57. The third-order valence-electron chi connectivity index (χ3n) is 12.5. The highest BCUT2D eigenvalue weighted by atomic mass is 16.9. The zero-order valence-electron chi connectivity index (χ0n) is 23.4. The topological polar surface area (TPSA) is 64.6 Å². The van der Waals surface area contributed by atoms with Gasteiger partial charge in [0.25, 0.3) is 0 Å². The summed E-state index contributed by atoms with van der Waals surface area (Å²) in [5.74, 6) is 2.19. The van der Waals surface area contributed by atoms with Gasteiger partial charge in [0.15, 0.2) is 36.7 Å². The second kappa shape index (κ2) is 7.71. The quantitative estimate of drug-likeness (QED) is 0.474. The maximum atomic E-state index is 6.85. The summed E-state index contributed by atoms with van der Waals surface area (Å²) in [6, 6.07) is 0. The van der Waals surface area contributed by atoms with Gasteiger partial charge in [-0.1, -0.05) is 27.7 Å². The third-order valence-corrected chi connectivity index (χ3v) is 12.5. The van der Waals surface area contributed by atoms with Gasteiger partial charge in [0.05, 0.1) is 0 Å². The molecule has 6 aliphatic heterocycles. The largest absolute Gasteiger partial charge is 0.338 e. The van der Waals surface area contributed by atoms with Crippen molar-refractivity contribution in [1.29, 1.82) is 0 Å². The standard InChI is InChI=1S/C30H46O7/c1-15-7-9-21-17(3)23(32-25-29(21)19(15)11-13-27(5,34-25)36-29)31-24-18(4)22-10-8-16(2)20-12-14-28(6)35-26(33-24)30(20,22)37-28/h15-26H,7-14H2,1-6H3/t15-,16-,17-,18-,19+,20+,21+,22+,23?,24?,25-,26-,27+,28+,29-,30-/m1/s1. The van der Waals surface area contributed by atoms with Crippen LogP contribution in [0.1, 0.15) is 92.9 Å². The van der Waals surface area contributed by atoms with Gasteiger partial charge >= 0.3 is 0 Å². The number of ether oxygens (including phenoxy) is 7. The lowest BCUT2D eigenvalue weighted by molar-refractivity contribution is -0.402. The summed E-state index contributed by atoms with van der Waals surface area (Å²) in [7, 11) is 0. The van der Waals surface area contributed by atoms with Crippen LogP contribution in [0.3, 0.4) is 0 Å². The Balaban J connectivity index is 1.08. The van der Waals surface area contributed by atoms with Crippen molar-refractivity contribution in [3.63, 3.8) is 0 Å². The Hall–Kier alpha value is -0.280. The number of rotatable bonds is 2. The van der Waals surface area contributed by atoms with Crippen LogP contribution < -0.4 is 0 Å². The predicted molar refractivity (Wildman–Crippen MR) is 133 cm³/mol. The molecule has 208 valence electrons. The van der Waals surface area contributed by atoms with Crippen molar-refractivity contribution >= 4 is 0 Å². The van der Waals surface area contributed by atoms with Crippen molar-refractivity contribution < 1.29 is 33.2 Å². The molecule has 2 spiro atoms. The molecule has 0 aromatic heterocycles. The first-order valence-electron chi connectivity index (χ1n) is 15.3. The van der Waals surface area contributed by atoms with Crippen LogP contribution in [-0.4, -0.2) is 47.9 Å². The Labute approximate surface area is 221 Å². The van der Waals surface area contributed by atoms with Crippen LogP contribution in [0.4, 0.5) is 0 Å². The van der Waals surface area contributed by atoms with Crippen molar-refractivity contribution in [3.8, 4) is 0 Å².